The van der Waals surface area contributed by atoms with Gasteiger partial charge in [-0.2, -0.15) is 0 Å². The fourth-order valence-corrected chi connectivity index (χ4v) is 4.46. The van der Waals surface area contributed by atoms with Crippen molar-refractivity contribution in [1.82, 2.24) is 9.88 Å². The Balaban J connectivity index is 1.52. The van der Waals surface area contributed by atoms with Gasteiger partial charge < -0.3 is 9.47 Å². The Labute approximate surface area is 157 Å². The molecule has 26 heavy (non-hydrogen) atoms. The summed E-state index contributed by atoms with van der Waals surface area (Å²) in [7, 11) is 0. The van der Waals surface area contributed by atoms with Gasteiger partial charge in [0.15, 0.2) is 0 Å². The lowest BCUT2D eigenvalue weighted by atomic mass is 10.0. The lowest BCUT2D eigenvalue weighted by Gasteiger charge is -2.42. The molecule has 2 aromatic rings. The van der Waals surface area contributed by atoms with Crippen LogP contribution in [0.5, 0.6) is 0 Å². The number of carbonyl (C=O) groups is 1. The van der Waals surface area contributed by atoms with Gasteiger partial charge in [0.1, 0.15) is 18.0 Å². The highest BCUT2D eigenvalue weighted by Crippen LogP contribution is 2.27. The molecular formula is C19H23N3O3S. The predicted octanol–water partition coefficient (Wildman–Crippen LogP) is 2.09. The fraction of sp³-hybridized carbons (Fsp3) is 0.474. The molecule has 0 aromatic carbocycles. The van der Waals surface area contributed by atoms with Crippen molar-refractivity contribution in [2.75, 3.05) is 44.4 Å². The van der Waals surface area contributed by atoms with Crippen LogP contribution in [0.3, 0.4) is 0 Å². The first kappa shape index (κ1) is 17.6. The van der Waals surface area contributed by atoms with Crippen molar-refractivity contribution in [3.63, 3.8) is 0 Å². The monoisotopic (exact) mass is 373 g/mol. The Morgan fingerprint density at radius 2 is 2.19 bits per heavy atom. The third-order valence-corrected chi connectivity index (χ3v) is 5.76. The van der Waals surface area contributed by atoms with Gasteiger partial charge in [0.25, 0.3) is 5.91 Å². The van der Waals surface area contributed by atoms with Crippen molar-refractivity contribution < 1.29 is 14.3 Å². The standard InChI is InChI=1S/C19H23N3O3S/c1-15-5-6-16(26-15)10-21-8-9-24-14-19(12-21)13-22(18(23)11-25-19)17-4-2-3-7-20-17/h2-7H,8-14H2,1H3. The van der Waals surface area contributed by atoms with Gasteiger partial charge in [-0.15, -0.1) is 11.3 Å². The summed E-state index contributed by atoms with van der Waals surface area (Å²) in [6, 6.07) is 9.95. The van der Waals surface area contributed by atoms with Crippen LogP contribution in [0.1, 0.15) is 9.75 Å². The number of pyridine rings is 1. The van der Waals surface area contributed by atoms with Crippen molar-refractivity contribution in [1.29, 1.82) is 0 Å². The molecule has 2 aromatic heterocycles. The zero-order chi connectivity index (χ0) is 18.0. The number of nitrogens with zero attached hydrogens (tertiary/aromatic N) is 3. The lowest BCUT2D eigenvalue weighted by Crippen LogP contribution is -2.60. The minimum atomic E-state index is -0.520. The summed E-state index contributed by atoms with van der Waals surface area (Å²) in [5, 5.41) is 0. The average molecular weight is 373 g/mol. The van der Waals surface area contributed by atoms with Crippen molar-refractivity contribution in [2.24, 2.45) is 0 Å². The molecule has 4 rings (SSSR count). The zero-order valence-electron chi connectivity index (χ0n) is 14.9. The van der Waals surface area contributed by atoms with E-state index in [9.17, 15) is 4.79 Å². The number of hydrogen-bond donors (Lipinski definition) is 0. The molecule has 0 aliphatic carbocycles. The molecule has 2 fully saturated rings. The number of hydrogen-bond acceptors (Lipinski definition) is 6. The van der Waals surface area contributed by atoms with Crippen molar-refractivity contribution >= 4 is 23.1 Å². The quantitative estimate of drug-likeness (QED) is 0.825. The van der Waals surface area contributed by atoms with Crippen LogP contribution >= 0.6 is 11.3 Å². The maximum Gasteiger partial charge on any atom is 0.254 e. The van der Waals surface area contributed by atoms with Gasteiger partial charge in [-0.1, -0.05) is 6.07 Å². The third-order valence-electron chi connectivity index (χ3n) is 4.78. The summed E-state index contributed by atoms with van der Waals surface area (Å²) in [5.74, 6) is 0.615. The summed E-state index contributed by atoms with van der Waals surface area (Å²) in [6.07, 6.45) is 1.71. The van der Waals surface area contributed by atoms with Gasteiger partial charge in [0, 0.05) is 35.6 Å². The molecule has 4 heterocycles. The molecule has 1 unspecified atom stereocenters. The Kier molecular flexibility index (Phi) is 5.04. The van der Waals surface area contributed by atoms with Crippen LogP contribution in [0.25, 0.3) is 0 Å². The van der Waals surface area contributed by atoms with Crippen LogP contribution in [0, 0.1) is 6.92 Å². The first-order valence-corrected chi connectivity index (χ1v) is 9.66. The molecule has 2 aliphatic rings. The van der Waals surface area contributed by atoms with E-state index in [-0.39, 0.29) is 12.5 Å². The number of thiophene rings is 1. The topological polar surface area (TPSA) is 54.9 Å². The number of aromatic nitrogens is 1. The predicted molar refractivity (Wildman–Crippen MR) is 100 cm³/mol. The maximum atomic E-state index is 12.4. The van der Waals surface area contributed by atoms with E-state index >= 15 is 0 Å². The Morgan fingerprint density at radius 1 is 1.27 bits per heavy atom. The van der Waals surface area contributed by atoms with Gasteiger partial charge in [-0.25, -0.2) is 4.98 Å². The van der Waals surface area contributed by atoms with Gasteiger partial charge in [0.05, 0.1) is 19.8 Å². The number of amides is 1. The summed E-state index contributed by atoms with van der Waals surface area (Å²) < 4.78 is 11.9. The summed E-state index contributed by atoms with van der Waals surface area (Å²) >= 11 is 1.82. The van der Waals surface area contributed by atoms with E-state index in [1.165, 1.54) is 9.75 Å². The molecule has 0 saturated carbocycles. The lowest BCUT2D eigenvalue weighted by molar-refractivity contribution is -0.146. The van der Waals surface area contributed by atoms with E-state index in [0.29, 0.717) is 25.6 Å². The van der Waals surface area contributed by atoms with E-state index in [4.69, 9.17) is 9.47 Å². The number of anilines is 1. The summed E-state index contributed by atoms with van der Waals surface area (Å²) in [4.78, 5) is 23.5. The van der Waals surface area contributed by atoms with Gasteiger partial charge in [0.2, 0.25) is 0 Å². The van der Waals surface area contributed by atoms with Crippen LogP contribution < -0.4 is 4.90 Å². The third kappa shape index (κ3) is 3.81. The van der Waals surface area contributed by atoms with Crippen LogP contribution in [0.4, 0.5) is 5.82 Å². The van der Waals surface area contributed by atoms with Gasteiger partial charge in [-0.3, -0.25) is 14.6 Å². The maximum absolute atomic E-state index is 12.4. The van der Waals surface area contributed by atoms with E-state index in [1.807, 2.05) is 29.5 Å². The normalized spacial score (nSPS) is 24.8. The second kappa shape index (κ2) is 7.44. The molecule has 2 saturated heterocycles. The van der Waals surface area contributed by atoms with Crippen molar-refractivity contribution in [2.45, 2.75) is 19.1 Å². The molecule has 1 spiro atoms. The SMILES string of the molecule is Cc1ccc(CN2CCOCC3(C2)CN(c2ccccn2)C(=O)CO3)s1. The zero-order valence-corrected chi connectivity index (χ0v) is 15.7. The highest BCUT2D eigenvalue weighted by molar-refractivity contribution is 7.11. The van der Waals surface area contributed by atoms with E-state index in [1.54, 1.807) is 11.1 Å². The van der Waals surface area contributed by atoms with Crippen molar-refractivity contribution in [3.8, 4) is 0 Å². The van der Waals surface area contributed by atoms with E-state index in [2.05, 4.69) is 28.9 Å². The molecule has 0 bridgehead atoms. The molecule has 0 N–H and O–H groups in total. The number of rotatable bonds is 3. The molecule has 0 radical (unpaired) electrons. The van der Waals surface area contributed by atoms with Crippen LogP contribution in [-0.2, 0) is 20.8 Å². The second-order valence-corrected chi connectivity index (χ2v) is 8.29. The summed E-state index contributed by atoms with van der Waals surface area (Å²) in [6.45, 7) is 6.29. The molecule has 1 amide bonds. The van der Waals surface area contributed by atoms with Gasteiger partial charge in [-0.05, 0) is 31.2 Å². The minimum Gasteiger partial charge on any atom is -0.377 e. The molecule has 2 aliphatic heterocycles. The highest BCUT2D eigenvalue weighted by atomic mass is 32.1. The Hall–Kier alpha value is -1.80. The number of aryl methyl sites for hydroxylation is 1. The molecule has 7 heteroatoms. The number of morpholine rings is 1. The molecule has 138 valence electrons. The smallest absolute Gasteiger partial charge is 0.254 e. The Morgan fingerprint density at radius 3 is 2.96 bits per heavy atom. The Bertz CT molecular complexity index is 766. The number of ether oxygens (including phenoxy) is 2. The minimum absolute atomic E-state index is 0.0565. The first-order valence-electron chi connectivity index (χ1n) is 8.84. The summed E-state index contributed by atoms with van der Waals surface area (Å²) in [5.41, 5.74) is -0.520. The van der Waals surface area contributed by atoms with Crippen LogP contribution in [0.15, 0.2) is 36.5 Å². The van der Waals surface area contributed by atoms with Crippen LogP contribution in [0.2, 0.25) is 0 Å². The molecular weight excluding hydrogens is 350 g/mol. The highest BCUT2D eigenvalue weighted by Gasteiger charge is 2.43. The van der Waals surface area contributed by atoms with E-state index < -0.39 is 5.60 Å². The first-order chi connectivity index (χ1) is 12.6. The fourth-order valence-electron chi connectivity index (χ4n) is 3.53. The van der Waals surface area contributed by atoms with Crippen LogP contribution in [-0.4, -0.2) is 60.8 Å². The molecule has 1 atom stereocenters. The van der Waals surface area contributed by atoms with E-state index in [0.717, 1.165) is 19.6 Å². The average Bonchev–Trinajstić information content (AvgIpc) is 2.95. The number of carbonyl (C=O) groups excluding carboxylic acids is 1. The largest absolute Gasteiger partial charge is 0.377 e. The van der Waals surface area contributed by atoms with Crippen molar-refractivity contribution in [3.05, 3.63) is 46.3 Å². The van der Waals surface area contributed by atoms with Gasteiger partial charge >= 0.3 is 0 Å². The molecule has 6 nitrogen and oxygen atoms in total. The second-order valence-electron chi connectivity index (χ2n) is 6.92.